The van der Waals surface area contributed by atoms with Gasteiger partial charge < -0.3 is 9.52 Å². The predicted octanol–water partition coefficient (Wildman–Crippen LogP) is 3.89. The Morgan fingerprint density at radius 1 is 1.26 bits per heavy atom. The molecule has 0 saturated heterocycles. The first-order chi connectivity index (χ1) is 11.1. The topological polar surface area (TPSA) is 36.6 Å². The maximum absolute atomic E-state index is 13.9. The lowest BCUT2D eigenvalue weighted by Crippen LogP contribution is -2.32. The summed E-state index contributed by atoms with van der Waals surface area (Å²) in [4.78, 5) is 1.88. The monoisotopic (exact) mass is 321 g/mol. The predicted molar refractivity (Wildman–Crippen MR) is 84.6 cm³/mol. The lowest BCUT2D eigenvalue weighted by molar-refractivity contribution is 0.0938. The van der Waals surface area contributed by atoms with Crippen LogP contribution in [-0.2, 0) is 13.1 Å². The summed E-state index contributed by atoms with van der Waals surface area (Å²) in [6.07, 6.45) is 4.07. The standard InChI is InChI=1S/C18H21F2NO2/c1-2-3-5-16(22)12-21(13-17-6-4-9-23-17)11-14-7-8-15(19)10-18(14)20/h2,4,6-10,16,22H,1,3,5,11-13H2. The van der Waals surface area contributed by atoms with Crippen LogP contribution in [0.15, 0.2) is 53.7 Å². The maximum Gasteiger partial charge on any atom is 0.130 e. The number of furan rings is 1. The second kappa shape index (κ2) is 8.60. The highest BCUT2D eigenvalue weighted by Crippen LogP contribution is 2.16. The van der Waals surface area contributed by atoms with Crippen molar-refractivity contribution >= 4 is 0 Å². The van der Waals surface area contributed by atoms with Gasteiger partial charge in [0.25, 0.3) is 0 Å². The zero-order chi connectivity index (χ0) is 16.7. The molecule has 0 saturated carbocycles. The number of allylic oxidation sites excluding steroid dienone is 1. The minimum absolute atomic E-state index is 0.262. The van der Waals surface area contributed by atoms with Crippen molar-refractivity contribution in [3.05, 3.63) is 72.2 Å². The summed E-state index contributed by atoms with van der Waals surface area (Å²) < 4.78 is 32.2. The maximum atomic E-state index is 13.9. The number of hydrogen-bond donors (Lipinski definition) is 1. The largest absolute Gasteiger partial charge is 0.468 e. The Labute approximate surface area is 134 Å². The summed E-state index contributed by atoms with van der Waals surface area (Å²) in [6, 6.07) is 7.13. The molecule has 2 aromatic rings. The van der Waals surface area contributed by atoms with Gasteiger partial charge in [-0.1, -0.05) is 12.1 Å². The molecule has 23 heavy (non-hydrogen) atoms. The van der Waals surface area contributed by atoms with Crippen LogP contribution in [0, 0.1) is 11.6 Å². The van der Waals surface area contributed by atoms with E-state index in [4.69, 9.17) is 4.42 Å². The van der Waals surface area contributed by atoms with Crippen LogP contribution in [0.5, 0.6) is 0 Å². The van der Waals surface area contributed by atoms with Gasteiger partial charge in [-0.25, -0.2) is 8.78 Å². The first-order valence-corrected chi connectivity index (χ1v) is 7.56. The summed E-state index contributed by atoms with van der Waals surface area (Å²) in [5, 5.41) is 10.1. The smallest absolute Gasteiger partial charge is 0.130 e. The van der Waals surface area contributed by atoms with Gasteiger partial charge in [-0.2, -0.15) is 0 Å². The van der Waals surface area contributed by atoms with E-state index in [0.29, 0.717) is 31.5 Å². The molecule has 1 aromatic heterocycles. The lowest BCUT2D eigenvalue weighted by Gasteiger charge is -2.24. The van der Waals surface area contributed by atoms with E-state index in [1.807, 2.05) is 11.0 Å². The highest BCUT2D eigenvalue weighted by atomic mass is 19.1. The van der Waals surface area contributed by atoms with E-state index in [-0.39, 0.29) is 6.54 Å². The third kappa shape index (κ3) is 5.62. The van der Waals surface area contributed by atoms with E-state index in [1.54, 1.807) is 18.4 Å². The van der Waals surface area contributed by atoms with Crippen molar-refractivity contribution in [2.45, 2.75) is 32.0 Å². The van der Waals surface area contributed by atoms with Crippen LogP contribution < -0.4 is 0 Å². The molecular weight excluding hydrogens is 300 g/mol. The molecular formula is C18H21F2NO2. The Morgan fingerprint density at radius 3 is 2.74 bits per heavy atom. The minimum atomic E-state index is -0.602. The Balaban J connectivity index is 2.07. The minimum Gasteiger partial charge on any atom is -0.468 e. The second-order valence-corrected chi connectivity index (χ2v) is 5.50. The van der Waals surface area contributed by atoms with E-state index >= 15 is 0 Å². The van der Waals surface area contributed by atoms with Crippen molar-refractivity contribution in [3.63, 3.8) is 0 Å². The molecule has 0 radical (unpaired) electrons. The highest BCUT2D eigenvalue weighted by molar-refractivity contribution is 5.18. The third-order valence-electron chi connectivity index (χ3n) is 3.54. The van der Waals surface area contributed by atoms with Gasteiger partial charge in [0.05, 0.1) is 18.9 Å². The Kier molecular flexibility index (Phi) is 6.50. The van der Waals surface area contributed by atoms with Crippen molar-refractivity contribution in [1.29, 1.82) is 0 Å². The normalized spacial score (nSPS) is 12.5. The van der Waals surface area contributed by atoms with Gasteiger partial charge in [0.15, 0.2) is 0 Å². The van der Waals surface area contributed by atoms with Crippen molar-refractivity contribution < 1.29 is 18.3 Å². The SMILES string of the molecule is C=CCCC(O)CN(Cc1ccco1)Cc1ccc(F)cc1F. The molecule has 1 atom stereocenters. The van der Waals surface area contributed by atoms with Gasteiger partial charge in [-0.05, 0) is 31.0 Å². The van der Waals surface area contributed by atoms with Crippen molar-refractivity contribution in [2.75, 3.05) is 6.54 Å². The van der Waals surface area contributed by atoms with Crippen molar-refractivity contribution in [3.8, 4) is 0 Å². The van der Waals surface area contributed by atoms with Crippen LogP contribution in [0.2, 0.25) is 0 Å². The van der Waals surface area contributed by atoms with Gasteiger partial charge in [0, 0.05) is 24.7 Å². The molecule has 1 aromatic carbocycles. The Morgan fingerprint density at radius 2 is 2.09 bits per heavy atom. The molecule has 1 unspecified atom stereocenters. The van der Waals surface area contributed by atoms with E-state index in [2.05, 4.69) is 6.58 Å². The molecule has 0 spiro atoms. The summed E-state index contributed by atoms with van der Waals surface area (Å²) >= 11 is 0. The molecule has 0 amide bonds. The summed E-state index contributed by atoms with van der Waals surface area (Å²) in [5.41, 5.74) is 0.383. The van der Waals surface area contributed by atoms with Crippen LogP contribution >= 0.6 is 0 Å². The van der Waals surface area contributed by atoms with Crippen molar-refractivity contribution in [2.24, 2.45) is 0 Å². The second-order valence-electron chi connectivity index (χ2n) is 5.50. The Bertz CT molecular complexity index is 613. The fourth-order valence-electron chi connectivity index (χ4n) is 2.40. The molecule has 0 aliphatic heterocycles. The average Bonchev–Trinajstić information content (AvgIpc) is 3.01. The number of benzene rings is 1. The summed E-state index contributed by atoms with van der Waals surface area (Å²) in [6.45, 7) is 4.70. The third-order valence-corrected chi connectivity index (χ3v) is 3.54. The quantitative estimate of drug-likeness (QED) is 0.712. The first kappa shape index (κ1) is 17.4. The molecule has 2 rings (SSSR count). The van der Waals surface area contributed by atoms with Gasteiger partial charge in [0.2, 0.25) is 0 Å². The van der Waals surface area contributed by atoms with Gasteiger partial charge in [0.1, 0.15) is 17.4 Å². The van der Waals surface area contributed by atoms with Gasteiger partial charge in [-0.3, -0.25) is 4.90 Å². The van der Waals surface area contributed by atoms with Crippen LogP contribution in [0.1, 0.15) is 24.2 Å². The fraction of sp³-hybridized carbons (Fsp3) is 0.333. The average molecular weight is 321 g/mol. The Hall–Kier alpha value is -1.98. The molecule has 124 valence electrons. The molecule has 1 N–H and O–H groups in total. The summed E-state index contributed by atoms with van der Waals surface area (Å²) in [5.74, 6) is -0.465. The first-order valence-electron chi connectivity index (χ1n) is 7.56. The number of hydrogen-bond acceptors (Lipinski definition) is 3. The van der Waals surface area contributed by atoms with Crippen LogP contribution in [0.25, 0.3) is 0 Å². The van der Waals surface area contributed by atoms with Crippen molar-refractivity contribution in [1.82, 2.24) is 4.90 Å². The van der Waals surface area contributed by atoms with Crippen LogP contribution in [0.3, 0.4) is 0 Å². The van der Waals surface area contributed by atoms with Crippen LogP contribution in [0.4, 0.5) is 8.78 Å². The molecule has 0 aliphatic rings. The fourth-order valence-corrected chi connectivity index (χ4v) is 2.40. The van der Waals surface area contributed by atoms with Gasteiger partial charge in [-0.15, -0.1) is 6.58 Å². The molecule has 0 aliphatic carbocycles. The number of rotatable bonds is 9. The van der Waals surface area contributed by atoms with Crippen LogP contribution in [-0.4, -0.2) is 22.7 Å². The van der Waals surface area contributed by atoms with E-state index in [0.717, 1.165) is 11.8 Å². The van der Waals surface area contributed by atoms with E-state index in [1.165, 1.54) is 12.1 Å². The van der Waals surface area contributed by atoms with Gasteiger partial charge >= 0.3 is 0 Å². The molecule has 5 heteroatoms. The lowest BCUT2D eigenvalue weighted by atomic mass is 10.1. The molecule has 3 nitrogen and oxygen atoms in total. The van der Waals surface area contributed by atoms with E-state index in [9.17, 15) is 13.9 Å². The molecule has 1 heterocycles. The summed E-state index contributed by atoms with van der Waals surface area (Å²) in [7, 11) is 0. The number of nitrogens with zero attached hydrogens (tertiary/aromatic N) is 1. The molecule has 0 fully saturated rings. The molecule has 0 bridgehead atoms. The number of aliphatic hydroxyl groups excluding tert-OH is 1. The van der Waals surface area contributed by atoms with E-state index < -0.39 is 17.7 Å². The zero-order valence-corrected chi connectivity index (χ0v) is 12.9. The number of aliphatic hydroxyl groups is 1. The zero-order valence-electron chi connectivity index (χ0n) is 12.9. The number of halogens is 2. The highest BCUT2D eigenvalue weighted by Gasteiger charge is 2.16.